The highest BCUT2D eigenvalue weighted by Gasteiger charge is 2.16. The van der Waals surface area contributed by atoms with E-state index in [1.165, 1.54) is 4.88 Å². The van der Waals surface area contributed by atoms with Crippen LogP contribution in [-0.4, -0.2) is 40.2 Å². The first-order valence-electron chi connectivity index (χ1n) is 7.06. The number of carbonyl (C=O) groups is 1. The average molecular weight is 306 g/mol. The van der Waals surface area contributed by atoms with Gasteiger partial charge in [-0.1, -0.05) is 6.07 Å². The molecule has 0 spiro atoms. The summed E-state index contributed by atoms with van der Waals surface area (Å²) in [6, 6.07) is 6.33. The predicted octanol–water partition coefficient (Wildman–Crippen LogP) is 2.14. The minimum Gasteiger partial charge on any atom is -0.340 e. The van der Waals surface area contributed by atoms with Crippen molar-refractivity contribution in [3.05, 3.63) is 40.8 Å². The van der Waals surface area contributed by atoms with Crippen molar-refractivity contribution in [1.29, 1.82) is 0 Å². The van der Waals surface area contributed by atoms with E-state index in [9.17, 15) is 4.79 Å². The van der Waals surface area contributed by atoms with Crippen LogP contribution >= 0.6 is 11.3 Å². The number of aromatic nitrogens is 2. The summed E-state index contributed by atoms with van der Waals surface area (Å²) in [4.78, 5) is 15.1. The highest BCUT2D eigenvalue weighted by molar-refractivity contribution is 7.09. The molecule has 0 aliphatic rings. The van der Waals surface area contributed by atoms with Crippen molar-refractivity contribution >= 4 is 17.2 Å². The van der Waals surface area contributed by atoms with Crippen LogP contribution in [0.25, 0.3) is 0 Å². The van der Waals surface area contributed by atoms with Gasteiger partial charge in [-0.3, -0.25) is 9.48 Å². The van der Waals surface area contributed by atoms with Crippen molar-refractivity contribution < 1.29 is 4.79 Å². The third-order valence-electron chi connectivity index (χ3n) is 3.64. The Morgan fingerprint density at radius 3 is 2.90 bits per heavy atom. The molecule has 0 unspecified atom stereocenters. The lowest BCUT2D eigenvalue weighted by molar-refractivity contribution is -0.129. The maximum Gasteiger partial charge on any atom is 0.236 e. The molecule has 0 aliphatic carbocycles. The van der Waals surface area contributed by atoms with Gasteiger partial charge in [0.15, 0.2) is 0 Å². The summed E-state index contributed by atoms with van der Waals surface area (Å²) in [5.41, 5.74) is 0. The van der Waals surface area contributed by atoms with E-state index < -0.39 is 0 Å². The molecule has 1 amide bonds. The van der Waals surface area contributed by atoms with Gasteiger partial charge in [0.25, 0.3) is 0 Å². The standard InChI is InChI=1S/C15H22N4OS/c1-12(13(2)19-8-5-7-17-19)16-10-15(20)18(3)11-14-6-4-9-21-14/h4-9,12-13,16H,10-11H2,1-3H3/t12-,13-/m0/s1. The quantitative estimate of drug-likeness (QED) is 0.852. The summed E-state index contributed by atoms with van der Waals surface area (Å²) in [5, 5.41) is 9.54. The minimum absolute atomic E-state index is 0.0999. The molecule has 1 N–H and O–H groups in total. The minimum atomic E-state index is 0.0999. The van der Waals surface area contributed by atoms with Gasteiger partial charge in [0, 0.05) is 30.4 Å². The monoisotopic (exact) mass is 306 g/mol. The molecule has 2 atom stereocenters. The first-order valence-corrected chi connectivity index (χ1v) is 7.94. The van der Waals surface area contributed by atoms with Crippen LogP contribution in [0, 0.1) is 0 Å². The lowest BCUT2D eigenvalue weighted by Gasteiger charge is -2.23. The molecule has 0 aromatic carbocycles. The summed E-state index contributed by atoms with van der Waals surface area (Å²) in [5.74, 6) is 0.0999. The molecule has 0 fully saturated rings. The smallest absolute Gasteiger partial charge is 0.236 e. The van der Waals surface area contributed by atoms with Crippen LogP contribution in [0.1, 0.15) is 24.8 Å². The summed E-state index contributed by atoms with van der Waals surface area (Å²) >= 11 is 1.67. The van der Waals surface area contributed by atoms with Crippen LogP contribution in [0.15, 0.2) is 36.0 Å². The zero-order valence-corrected chi connectivity index (χ0v) is 13.5. The number of hydrogen-bond donors (Lipinski definition) is 1. The maximum atomic E-state index is 12.1. The van der Waals surface area contributed by atoms with Gasteiger partial charge < -0.3 is 10.2 Å². The Kier molecular flexibility index (Phi) is 5.52. The first kappa shape index (κ1) is 15.7. The Labute approximate surface area is 129 Å². The van der Waals surface area contributed by atoms with Crippen LogP contribution in [0.4, 0.5) is 0 Å². The van der Waals surface area contributed by atoms with Crippen LogP contribution in [0.3, 0.4) is 0 Å². The van der Waals surface area contributed by atoms with Crippen molar-refractivity contribution in [2.45, 2.75) is 32.5 Å². The van der Waals surface area contributed by atoms with Crippen molar-refractivity contribution in [2.24, 2.45) is 0 Å². The van der Waals surface area contributed by atoms with Crippen LogP contribution in [0.5, 0.6) is 0 Å². The number of carbonyl (C=O) groups excluding carboxylic acids is 1. The fraction of sp³-hybridized carbons (Fsp3) is 0.467. The van der Waals surface area contributed by atoms with Gasteiger partial charge in [0.2, 0.25) is 5.91 Å². The zero-order chi connectivity index (χ0) is 15.2. The maximum absolute atomic E-state index is 12.1. The third-order valence-corrected chi connectivity index (χ3v) is 4.50. The molecule has 2 aromatic rings. The third kappa shape index (κ3) is 4.41. The normalized spacial score (nSPS) is 13.9. The van der Waals surface area contributed by atoms with Crippen molar-refractivity contribution in [3.8, 4) is 0 Å². The molecule has 2 aromatic heterocycles. The van der Waals surface area contributed by atoms with Crippen LogP contribution in [0.2, 0.25) is 0 Å². The number of amides is 1. The number of rotatable bonds is 7. The summed E-state index contributed by atoms with van der Waals surface area (Å²) < 4.78 is 1.90. The van der Waals surface area contributed by atoms with E-state index in [1.807, 2.05) is 41.5 Å². The van der Waals surface area contributed by atoms with Gasteiger partial charge in [-0.25, -0.2) is 0 Å². The van der Waals surface area contributed by atoms with Gasteiger partial charge in [0.1, 0.15) is 0 Å². The Morgan fingerprint density at radius 2 is 2.29 bits per heavy atom. The van der Waals surface area contributed by atoms with E-state index in [0.717, 1.165) is 0 Å². The summed E-state index contributed by atoms with van der Waals surface area (Å²) in [6.07, 6.45) is 3.71. The van der Waals surface area contributed by atoms with Crippen molar-refractivity contribution in [3.63, 3.8) is 0 Å². The van der Waals surface area contributed by atoms with Gasteiger partial charge in [-0.2, -0.15) is 5.10 Å². The number of nitrogens with zero attached hydrogens (tertiary/aromatic N) is 3. The first-order chi connectivity index (χ1) is 10.1. The molecule has 5 nitrogen and oxygen atoms in total. The zero-order valence-electron chi connectivity index (χ0n) is 12.7. The lowest BCUT2D eigenvalue weighted by atomic mass is 10.2. The van der Waals surface area contributed by atoms with Gasteiger partial charge >= 0.3 is 0 Å². The molecule has 0 saturated heterocycles. The fourth-order valence-corrected chi connectivity index (χ4v) is 2.79. The summed E-state index contributed by atoms with van der Waals surface area (Å²) in [7, 11) is 1.84. The molecule has 0 saturated carbocycles. The van der Waals surface area contributed by atoms with E-state index in [1.54, 1.807) is 22.4 Å². The molecule has 2 heterocycles. The lowest BCUT2D eigenvalue weighted by Crippen LogP contribution is -2.41. The van der Waals surface area contributed by atoms with Crippen LogP contribution < -0.4 is 5.32 Å². The highest BCUT2D eigenvalue weighted by atomic mass is 32.1. The van der Waals surface area contributed by atoms with E-state index in [0.29, 0.717) is 13.1 Å². The van der Waals surface area contributed by atoms with Crippen LogP contribution in [-0.2, 0) is 11.3 Å². The molecule has 2 rings (SSSR count). The van der Waals surface area contributed by atoms with Crippen molar-refractivity contribution in [2.75, 3.05) is 13.6 Å². The molecule has 6 heteroatoms. The predicted molar refractivity (Wildman–Crippen MR) is 85.2 cm³/mol. The van der Waals surface area contributed by atoms with E-state index >= 15 is 0 Å². The Morgan fingerprint density at radius 1 is 1.48 bits per heavy atom. The van der Waals surface area contributed by atoms with Crippen molar-refractivity contribution in [1.82, 2.24) is 20.0 Å². The topological polar surface area (TPSA) is 50.2 Å². The molecule has 21 heavy (non-hydrogen) atoms. The molecular formula is C15H22N4OS. The Hall–Kier alpha value is -1.66. The summed E-state index contributed by atoms with van der Waals surface area (Å²) in [6.45, 7) is 5.17. The Bertz CT molecular complexity index is 538. The largest absolute Gasteiger partial charge is 0.340 e. The molecule has 0 bridgehead atoms. The second-order valence-corrected chi connectivity index (χ2v) is 6.26. The second-order valence-electron chi connectivity index (χ2n) is 5.23. The number of thiophene rings is 1. The highest BCUT2D eigenvalue weighted by Crippen LogP contribution is 2.11. The molecular weight excluding hydrogens is 284 g/mol. The SMILES string of the molecule is C[C@H](NCC(=O)N(C)Cc1cccs1)[C@H](C)n1cccn1. The van der Waals surface area contributed by atoms with Gasteiger partial charge in [0.05, 0.1) is 19.1 Å². The van der Waals surface area contributed by atoms with Gasteiger partial charge in [-0.15, -0.1) is 11.3 Å². The van der Waals surface area contributed by atoms with E-state index in [2.05, 4.69) is 24.3 Å². The molecule has 0 radical (unpaired) electrons. The van der Waals surface area contributed by atoms with Gasteiger partial charge in [-0.05, 0) is 31.4 Å². The fourth-order valence-electron chi connectivity index (χ4n) is 2.03. The average Bonchev–Trinajstić information content (AvgIpc) is 3.16. The molecule has 114 valence electrons. The Balaban J connectivity index is 1.77. The number of hydrogen-bond acceptors (Lipinski definition) is 4. The van der Waals surface area contributed by atoms with E-state index in [4.69, 9.17) is 0 Å². The number of nitrogens with one attached hydrogen (secondary N) is 1. The second kappa shape index (κ2) is 7.38. The molecule has 0 aliphatic heterocycles. The number of likely N-dealkylation sites (N-methyl/N-ethyl adjacent to an activating group) is 1. The van der Waals surface area contributed by atoms with E-state index in [-0.39, 0.29) is 18.0 Å².